The molecule has 0 saturated carbocycles. The van der Waals surface area contributed by atoms with Crippen molar-refractivity contribution in [3.63, 3.8) is 0 Å². The van der Waals surface area contributed by atoms with Crippen LogP contribution in [0.15, 0.2) is 97.1 Å². The van der Waals surface area contributed by atoms with E-state index in [2.05, 4.69) is 36.6 Å². The zero-order valence-electron chi connectivity index (χ0n) is 23.3. The van der Waals surface area contributed by atoms with Crippen LogP contribution in [0.25, 0.3) is 11.6 Å². The Balaban J connectivity index is 1.37. The Bertz CT molecular complexity index is 1550. The van der Waals surface area contributed by atoms with Crippen molar-refractivity contribution < 1.29 is 19.0 Å². The van der Waals surface area contributed by atoms with E-state index in [9.17, 15) is 14.3 Å². The van der Waals surface area contributed by atoms with Gasteiger partial charge >= 0.3 is 0 Å². The lowest BCUT2D eigenvalue weighted by Crippen LogP contribution is -2.48. The fourth-order valence-electron chi connectivity index (χ4n) is 5.03. The van der Waals surface area contributed by atoms with Crippen LogP contribution < -0.4 is 15.4 Å². The van der Waals surface area contributed by atoms with E-state index in [0.29, 0.717) is 40.7 Å². The topological polar surface area (TPSA) is 70.6 Å². The second kappa shape index (κ2) is 12.9. The molecule has 4 aromatic carbocycles. The third-order valence-electron chi connectivity index (χ3n) is 7.29. The largest absolute Gasteiger partial charge is 0.456 e. The third kappa shape index (κ3) is 7.09. The zero-order chi connectivity index (χ0) is 28.8. The number of hydrogen-bond acceptors (Lipinski definition) is 4. The second-order valence-corrected chi connectivity index (χ2v) is 10.7. The standard InChI is InChI=1S/C35H35FN2O3/c1-23(2)26-12-7-10-25(17-26)21-37-22-32(39)31(19-24-9-8-13-28(36)18-24)38-35(40)30-20-27-11-3-5-15-33(27)41-34-16-6-4-14-29(30)34/h3-18,20,23,31-32,37,39H,19,21-22H2,1-2H3,(H,38,40)/t31-,32+/m0/s1. The SMILES string of the molecule is CC(C)c1cccc(CNC[C@@H](O)[C@H](Cc2cccc(F)c2)NC(=O)C2=Cc3ccccc3Oc3ccccc32)c1. The molecule has 0 fully saturated rings. The molecule has 4 aromatic rings. The summed E-state index contributed by atoms with van der Waals surface area (Å²) in [5.74, 6) is 0.950. The number of fused-ring (bicyclic) bond motifs is 2. The molecule has 1 aliphatic rings. The number of hydrogen-bond donors (Lipinski definition) is 3. The number of carbonyl (C=O) groups is 1. The number of para-hydroxylation sites is 2. The maximum Gasteiger partial charge on any atom is 0.252 e. The number of carbonyl (C=O) groups excluding carboxylic acids is 1. The van der Waals surface area contributed by atoms with Crippen LogP contribution in [0.2, 0.25) is 0 Å². The van der Waals surface area contributed by atoms with Crippen LogP contribution in [0.5, 0.6) is 11.5 Å². The first-order valence-electron chi connectivity index (χ1n) is 14.0. The number of nitrogens with one attached hydrogen (secondary N) is 2. The highest BCUT2D eigenvalue weighted by Gasteiger charge is 2.27. The second-order valence-electron chi connectivity index (χ2n) is 10.7. The first-order chi connectivity index (χ1) is 19.9. The minimum atomic E-state index is -0.930. The molecule has 0 saturated heterocycles. The third-order valence-corrected chi connectivity index (χ3v) is 7.29. The van der Waals surface area contributed by atoms with E-state index in [0.717, 1.165) is 11.1 Å². The molecule has 0 radical (unpaired) electrons. The summed E-state index contributed by atoms with van der Waals surface area (Å²) in [5, 5.41) is 17.7. The van der Waals surface area contributed by atoms with Gasteiger partial charge in [0.1, 0.15) is 17.3 Å². The molecule has 6 heteroatoms. The van der Waals surface area contributed by atoms with Gasteiger partial charge in [0.2, 0.25) is 0 Å². The molecule has 0 spiro atoms. The molecular formula is C35H35FN2O3. The van der Waals surface area contributed by atoms with Crippen molar-refractivity contribution >= 4 is 17.6 Å². The molecule has 210 valence electrons. The molecule has 3 N–H and O–H groups in total. The molecule has 0 unspecified atom stereocenters. The minimum absolute atomic E-state index is 0.244. The van der Waals surface area contributed by atoms with E-state index in [1.54, 1.807) is 12.1 Å². The number of rotatable bonds is 10. The van der Waals surface area contributed by atoms with Gasteiger partial charge in [0.25, 0.3) is 5.91 Å². The Morgan fingerprint density at radius 2 is 1.61 bits per heavy atom. The highest BCUT2D eigenvalue weighted by atomic mass is 19.1. The zero-order valence-corrected chi connectivity index (χ0v) is 23.3. The average Bonchev–Trinajstić information content (AvgIpc) is 3.14. The maximum absolute atomic E-state index is 14.0. The fraction of sp³-hybridized carbons (Fsp3) is 0.229. The van der Waals surface area contributed by atoms with Gasteiger partial charge in [-0.05, 0) is 59.4 Å². The molecule has 1 amide bonds. The molecule has 1 aliphatic heterocycles. The summed E-state index contributed by atoms with van der Waals surface area (Å²) >= 11 is 0. The van der Waals surface area contributed by atoms with Gasteiger partial charge < -0.3 is 20.5 Å². The van der Waals surface area contributed by atoms with E-state index in [1.165, 1.54) is 17.7 Å². The van der Waals surface area contributed by atoms with Crippen LogP contribution in [-0.4, -0.2) is 29.7 Å². The predicted molar refractivity (Wildman–Crippen MR) is 161 cm³/mol. The van der Waals surface area contributed by atoms with Gasteiger partial charge in [0.15, 0.2) is 0 Å². The van der Waals surface area contributed by atoms with E-state index in [1.807, 2.05) is 66.7 Å². The molecule has 5 rings (SSSR count). The average molecular weight is 551 g/mol. The molecule has 1 heterocycles. The molecule has 41 heavy (non-hydrogen) atoms. The molecule has 0 aromatic heterocycles. The first kappa shape index (κ1) is 28.3. The highest BCUT2D eigenvalue weighted by molar-refractivity contribution is 6.25. The van der Waals surface area contributed by atoms with Gasteiger partial charge in [0, 0.05) is 24.2 Å². The van der Waals surface area contributed by atoms with Gasteiger partial charge in [-0.25, -0.2) is 4.39 Å². The number of benzene rings is 4. The van der Waals surface area contributed by atoms with Gasteiger partial charge in [-0.15, -0.1) is 0 Å². The number of aliphatic hydroxyl groups excluding tert-OH is 1. The lowest BCUT2D eigenvalue weighted by molar-refractivity contribution is -0.117. The summed E-state index contributed by atoms with van der Waals surface area (Å²) in [6.07, 6.45) is 1.14. The van der Waals surface area contributed by atoms with E-state index in [4.69, 9.17) is 4.74 Å². The Labute approximate surface area is 240 Å². The quantitative estimate of drug-likeness (QED) is 0.212. The molecule has 5 nitrogen and oxygen atoms in total. The summed E-state index contributed by atoms with van der Waals surface area (Å²) in [5.41, 5.74) is 4.92. The Kier molecular flexibility index (Phi) is 8.92. The lowest BCUT2D eigenvalue weighted by Gasteiger charge is -2.25. The Hall–Kier alpha value is -4.26. The first-order valence-corrected chi connectivity index (χ1v) is 14.0. The highest BCUT2D eigenvalue weighted by Crippen LogP contribution is 2.37. The van der Waals surface area contributed by atoms with Crippen molar-refractivity contribution in [2.24, 2.45) is 0 Å². The summed E-state index contributed by atoms with van der Waals surface area (Å²) in [6.45, 7) is 5.13. The van der Waals surface area contributed by atoms with Crippen molar-refractivity contribution in [3.05, 3.63) is 131 Å². The van der Waals surface area contributed by atoms with Gasteiger partial charge in [0.05, 0.1) is 17.7 Å². The molecular weight excluding hydrogens is 515 g/mol. The summed E-state index contributed by atoms with van der Waals surface area (Å²) < 4.78 is 20.1. The van der Waals surface area contributed by atoms with Crippen LogP contribution in [0.1, 0.15) is 47.6 Å². The van der Waals surface area contributed by atoms with E-state index < -0.39 is 12.1 Å². The summed E-state index contributed by atoms with van der Waals surface area (Å²) in [7, 11) is 0. The summed E-state index contributed by atoms with van der Waals surface area (Å²) in [4.78, 5) is 13.9. The minimum Gasteiger partial charge on any atom is -0.456 e. The molecule has 0 aliphatic carbocycles. The smallest absolute Gasteiger partial charge is 0.252 e. The number of ether oxygens (including phenoxy) is 1. The Morgan fingerprint density at radius 1 is 0.878 bits per heavy atom. The fourth-order valence-corrected chi connectivity index (χ4v) is 5.03. The van der Waals surface area contributed by atoms with Crippen LogP contribution in [0, 0.1) is 5.82 Å². The van der Waals surface area contributed by atoms with Crippen molar-refractivity contribution in [3.8, 4) is 11.5 Å². The Morgan fingerprint density at radius 3 is 2.41 bits per heavy atom. The van der Waals surface area contributed by atoms with Gasteiger partial charge in [-0.2, -0.15) is 0 Å². The van der Waals surface area contributed by atoms with Crippen molar-refractivity contribution in [2.75, 3.05) is 6.54 Å². The monoisotopic (exact) mass is 550 g/mol. The van der Waals surface area contributed by atoms with Crippen LogP contribution in [0.3, 0.4) is 0 Å². The van der Waals surface area contributed by atoms with Crippen molar-refractivity contribution in [1.29, 1.82) is 0 Å². The molecule has 2 atom stereocenters. The molecule has 0 bridgehead atoms. The lowest BCUT2D eigenvalue weighted by atomic mass is 9.98. The predicted octanol–water partition coefficient (Wildman–Crippen LogP) is 6.47. The van der Waals surface area contributed by atoms with Gasteiger partial charge in [-0.1, -0.05) is 86.6 Å². The van der Waals surface area contributed by atoms with Crippen LogP contribution >= 0.6 is 0 Å². The number of aliphatic hydroxyl groups is 1. The maximum atomic E-state index is 14.0. The van der Waals surface area contributed by atoms with E-state index in [-0.39, 0.29) is 24.7 Å². The summed E-state index contributed by atoms with van der Waals surface area (Å²) in [6, 6.07) is 28.9. The number of amides is 1. The van der Waals surface area contributed by atoms with Crippen LogP contribution in [-0.2, 0) is 17.8 Å². The normalized spacial score (nSPS) is 13.7. The van der Waals surface area contributed by atoms with Crippen LogP contribution in [0.4, 0.5) is 4.39 Å². The van der Waals surface area contributed by atoms with Gasteiger partial charge in [-0.3, -0.25) is 4.79 Å². The number of halogens is 1. The van der Waals surface area contributed by atoms with Crippen molar-refractivity contribution in [1.82, 2.24) is 10.6 Å². The van der Waals surface area contributed by atoms with Crippen molar-refractivity contribution in [2.45, 2.75) is 44.9 Å². The van der Waals surface area contributed by atoms with E-state index >= 15 is 0 Å².